The molecule has 0 atom stereocenters. The summed E-state index contributed by atoms with van der Waals surface area (Å²) in [6.07, 6.45) is 1.04. The number of halogens is 1. The molecule has 1 aromatic heterocycles. The number of aryl methyl sites for hydroxylation is 1. The summed E-state index contributed by atoms with van der Waals surface area (Å²) in [6, 6.07) is 2.04. The lowest BCUT2D eigenvalue weighted by Crippen LogP contribution is -2.24. The van der Waals surface area contributed by atoms with E-state index in [0.717, 1.165) is 35.9 Å². The molecule has 0 aliphatic carbocycles. The van der Waals surface area contributed by atoms with Crippen LogP contribution in [-0.4, -0.2) is 11.5 Å². The second-order valence-electron chi connectivity index (χ2n) is 3.09. The van der Waals surface area contributed by atoms with Gasteiger partial charge in [-0.2, -0.15) is 0 Å². The first-order chi connectivity index (χ1) is 5.77. The third-order valence-corrected chi connectivity index (χ3v) is 2.57. The number of rotatable bonds is 0. The van der Waals surface area contributed by atoms with E-state index in [9.17, 15) is 0 Å². The highest BCUT2D eigenvalue weighted by Crippen LogP contribution is 2.19. The van der Waals surface area contributed by atoms with E-state index in [4.69, 9.17) is 11.6 Å². The van der Waals surface area contributed by atoms with E-state index in [-0.39, 0.29) is 0 Å². The summed E-state index contributed by atoms with van der Waals surface area (Å²) < 4.78 is 0. The molecule has 2 rings (SSSR count). The monoisotopic (exact) mass is 182 g/mol. The third-order valence-electron chi connectivity index (χ3n) is 2.18. The Kier molecular flexibility index (Phi) is 2.03. The molecule has 0 aromatic carbocycles. The molecular weight excluding hydrogens is 172 g/mol. The second-order valence-corrected chi connectivity index (χ2v) is 3.50. The molecule has 1 aliphatic heterocycles. The van der Waals surface area contributed by atoms with E-state index in [2.05, 4.69) is 10.3 Å². The number of hydrogen-bond donors (Lipinski definition) is 1. The topological polar surface area (TPSA) is 24.9 Å². The van der Waals surface area contributed by atoms with Crippen LogP contribution in [0.5, 0.6) is 0 Å². The van der Waals surface area contributed by atoms with Crippen molar-refractivity contribution in [2.24, 2.45) is 0 Å². The zero-order valence-electron chi connectivity index (χ0n) is 7.02. The summed E-state index contributed by atoms with van der Waals surface area (Å²) in [5.41, 5.74) is 3.38. The van der Waals surface area contributed by atoms with Gasteiger partial charge in [0.15, 0.2) is 0 Å². The Morgan fingerprint density at radius 2 is 2.42 bits per heavy atom. The lowest BCUT2D eigenvalue weighted by Gasteiger charge is -2.16. The Hall–Kier alpha value is -0.600. The summed E-state index contributed by atoms with van der Waals surface area (Å²) in [4.78, 5) is 4.42. The van der Waals surface area contributed by atoms with Crippen molar-refractivity contribution in [3.8, 4) is 0 Å². The van der Waals surface area contributed by atoms with Crippen molar-refractivity contribution in [3.63, 3.8) is 0 Å². The summed E-state index contributed by atoms with van der Waals surface area (Å²) >= 11 is 5.96. The van der Waals surface area contributed by atoms with Crippen LogP contribution in [0.1, 0.15) is 17.0 Å². The molecule has 1 aromatic rings. The van der Waals surface area contributed by atoms with Gasteiger partial charge >= 0.3 is 0 Å². The SMILES string of the molecule is Cc1nc2c(cc1Cl)CCNC2. The number of pyridine rings is 1. The Labute approximate surface area is 77.0 Å². The average Bonchev–Trinajstić information content (AvgIpc) is 2.07. The highest BCUT2D eigenvalue weighted by atomic mass is 35.5. The van der Waals surface area contributed by atoms with Crippen molar-refractivity contribution in [2.45, 2.75) is 19.9 Å². The van der Waals surface area contributed by atoms with Crippen LogP contribution >= 0.6 is 11.6 Å². The highest BCUT2D eigenvalue weighted by Gasteiger charge is 2.11. The summed E-state index contributed by atoms with van der Waals surface area (Å²) in [6.45, 7) is 3.86. The van der Waals surface area contributed by atoms with E-state index < -0.39 is 0 Å². The van der Waals surface area contributed by atoms with Gasteiger partial charge in [0.1, 0.15) is 0 Å². The van der Waals surface area contributed by atoms with Crippen LogP contribution in [0.25, 0.3) is 0 Å². The van der Waals surface area contributed by atoms with E-state index in [0.29, 0.717) is 0 Å². The standard InChI is InChI=1S/C9H11ClN2/c1-6-8(10)4-7-2-3-11-5-9(7)12-6/h4,11H,2-3,5H2,1H3. The summed E-state index contributed by atoms with van der Waals surface area (Å²) in [7, 11) is 0. The minimum atomic E-state index is 0.788. The van der Waals surface area contributed by atoms with Crippen molar-refractivity contribution in [3.05, 3.63) is 28.0 Å². The largest absolute Gasteiger partial charge is 0.311 e. The molecule has 0 unspecified atom stereocenters. The zero-order valence-corrected chi connectivity index (χ0v) is 7.78. The molecule has 1 N–H and O–H groups in total. The van der Waals surface area contributed by atoms with Crippen LogP contribution in [0.2, 0.25) is 5.02 Å². The van der Waals surface area contributed by atoms with Gasteiger partial charge in [-0.25, -0.2) is 0 Å². The number of aromatic nitrogens is 1. The van der Waals surface area contributed by atoms with Gasteiger partial charge in [-0.15, -0.1) is 0 Å². The fraction of sp³-hybridized carbons (Fsp3) is 0.444. The third kappa shape index (κ3) is 1.32. The van der Waals surface area contributed by atoms with Crippen LogP contribution in [0.4, 0.5) is 0 Å². The minimum Gasteiger partial charge on any atom is -0.311 e. The predicted molar refractivity (Wildman–Crippen MR) is 49.4 cm³/mol. The van der Waals surface area contributed by atoms with Crippen LogP contribution in [0.15, 0.2) is 6.07 Å². The molecule has 3 heteroatoms. The second kappa shape index (κ2) is 3.04. The maximum atomic E-state index is 5.96. The number of fused-ring (bicyclic) bond motifs is 1. The van der Waals surface area contributed by atoms with Gasteiger partial charge in [-0.05, 0) is 31.5 Å². The Balaban J connectivity index is 2.49. The first kappa shape index (κ1) is 8.02. The Morgan fingerprint density at radius 1 is 1.58 bits per heavy atom. The van der Waals surface area contributed by atoms with Gasteiger partial charge in [-0.3, -0.25) is 4.98 Å². The van der Waals surface area contributed by atoms with Crippen molar-refractivity contribution in [1.29, 1.82) is 0 Å². The molecule has 0 amide bonds. The molecule has 2 nitrogen and oxygen atoms in total. The van der Waals surface area contributed by atoms with Crippen molar-refractivity contribution in [1.82, 2.24) is 10.3 Å². The summed E-state index contributed by atoms with van der Waals surface area (Å²) in [5, 5.41) is 4.07. The molecule has 12 heavy (non-hydrogen) atoms. The molecule has 2 heterocycles. The summed E-state index contributed by atoms with van der Waals surface area (Å²) in [5.74, 6) is 0. The van der Waals surface area contributed by atoms with Gasteiger partial charge in [0.05, 0.1) is 16.4 Å². The van der Waals surface area contributed by atoms with Gasteiger partial charge in [0.2, 0.25) is 0 Å². The molecule has 0 bridgehead atoms. The van der Waals surface area contributed by atoms with Gasteiger partial charge in [0, 0.05) is 6.54 Å². The van der Waals surface area contributed by atoms with E-state index in [1.807, 2.05) is 13.0 Å². The van der Waals surface area contributed by atoms with Gasteiger partial charge in [0.25, 0.3) is 0 Å². The smallest absolute Gasteiger partial charge is 0.0621 e. The lowest BCUT2D eigenvalue weighted by molar-refractivity contribution is 0.625. The Morgan fingerprint density at radius 3 is 3.25 bits per heavy atom. The predicted octanol–water partition coefficient (Wildman–Crippen LogP) is 1.69. The first-order valence-corrected chi connectivity index (χ1v) is 4.51. The number of nitrogens with zero attached hydrogens (tertiary/aromatic N) is 1. The first-order valence-electron chi connectivity index (χ1n) is 4.13. The molecular formula is C9H11ClN2. The molecule has 0 saturated carbocycles. The fourth-order valence-corrected chi connectivity index (χ4v) is 1.64. The molecule has 0 spiro atoms. The van der Waals surface area contributed by atoms with E-state index >= 15 is 0 Å². The molecule has 0 radical (unpaired) electrons. The molecule has 64 valence electrons. The van der Waals surface area contributed by atoms with Crippen LogP contribution < -0.4 is 5.32 Å². The normalized spacial score (nSPS) is 15.8. The molecule has 0 fully saturated rings. The van der Waals surface area contributed by atoms with Crippen molar-refractivity contribution >= 4 is 11.6 Å². The van der Waals surface area contributed by atoms with E-state index in [1.165, 1.54) is 5.56 Å². The highest BCUT2D eigenvalue weighted by molar-refractivity contribution is 6.31. The molecule has 1 aliphatic rings. The molecule has 0 saturated heterocycles. The van der Waals surface area contributed by atoms with Crippen LogP contribution in [-0.2, 0) is 13.0 Å². The number of hydrogen-bond acceptors (Lipinski definition) is 2. The zero-order chi connectivity index (χ0) is 8.55. The average molecular weight is 183 g/mol. The lowest BCUT2D eigenvalue weighted by atomic mass is 10.1. The quantitative estimate of drug-likeness (QED) is 0.661. The maximum absolute atomic E-state index is 5.96. The van der Waals surface area contributed by atoms with Crippen molar-refractivity contribution in [2.75, 3.05) is 6.54 Å². The van der Waals surface area contributed by atoms with E-state index in [1.54, 1.807) is 0 Å². The van der Waals surface area contributed by atoms with Crippen LogP contribution in [0.3, 0.4) is 0 Å². The Bertz CT molecular complexity index is 279. The van der Waals surface area contributed by atoms with Crippen molar-refractivity contribution < 1.29 is 0 Å². The number of nitrogens with one attached hydrogen (secondary N) is 1. The fourth-order valence-electron chi connectivity index (χ4n) is 1.47. The van der Waals surface area contributed by atoms with Gasteiger partial charge < -0.3 is 5.32 Å². The maximum Gasteiger partial charge on any atom is 0.0621 e. The van der Waals surface area contributed by atoms with Gasteiger partial charge in [-0.1, -0.05) is 11.6 Å². The van der Waals surface area contributed by atoms with Crippen LogP contribution in [0, 0.1) is 6.92 Å². The minimum absolute atomic E-state index is 0.788.